The van der Waals surface area contributed by atoms with Crippen molar-refractivity contribution >= 4 is 22.2 Å². The molecule has 1 aromatic carbocycles. The first-order valence-corrected chi connectivity index (χ1v) is 7.76. The van der Waals surface area contributed by atoms with Gasteiger partial charge in [0.1, 0.15) is 11.1 Å². The summed E-state index contributed by atoms with van der Waals surface area (Å²) in [4.78, 5) is 11.4. The van der Waals surface area contributed by atoms with E-state index in [1.54, 1.807) is 6.07 Å². The molecular weight excluding hydrogens is 339 g/mol. The summed E-state index contributed by atoms with van der Waals surface area (Å²) in [6, 6.07) is 5.05. The fraction of sp³-hybridized carbons (Fsp3) is 0.250. The fourth-order valence-corrected chi connectivity index (χ4v) is 2.55. The number of hydrogen-bond donors (Lipinski definition) is 2. The number of halogens is 3. The zero-order valence-corrected chi connectivity index (χ0v) is 13.4. The number of aromatic amines is 1. The Morgan fingerprint density at radius 1 is 1.33 bits per heavy atom. The lowest BCUT2D eigenvalue weighted by Crippen LogP contribution is -2.07. The van der Waals surface area contributed by atoms with Crippen LogP contribution in [0.4, 0.5) is 23.9 Å². The molecule has 1 aromatic heterocycles. The third kappa shape index (κ3) is 4.18. The Kier molecular flexibility index (Phi) is 5.32. The molecule has 0 saturated heterocycles. The molecule has 1 heterocycles. The summed E-state index contributed by atoms with van der Waals surface area (Å²) in [6.07, 6.45) is -3.14. The van der Waals surface area contributed by atoms with E-state index >= 15 is 0 Å². The number of anilines is 2. The number of nitriles is 1. The molecule has 4 nitrogen and oxygen atoms in total. The van der Waals surface area contributed by atoms with E-state index in [1.807, 2.05) is 6.92 Å². The van der Waals surface area contributed by atoms with E-state index in [-0.39, 0.29) is 21.8 Å². The van der Waals surface area contributed by atoms with Crippen LogP contribution in [-0.4, -0.2) is 4.37 Å². The molecule has 24 heavy (non-hydrogen) atoms. The average molecular weight is 351 g/mol. The minimum Gasteiger partial charge on any atom is -0.345 e. The smallest absolute Gasteiger partial charge is 0.345 e. The molecule has 2 rings (SSSR count). The Morgan fingerprint density at radius 3 is 2.71 bits per heavy atom. The zero-order chi connectivity index (χ0) is 17.7. The first-order chi connectivity index (χ1) is 11.3. The average Bonchev–Trinajstić information content (AvgIpc) is 2.86. The summed E-state index contributed by atoms with van der Waals surface area (Å²) in [5, 5.41) is 11.8. The van der Waals surface area contributed by atoms with Crippen LogP contribution in [-0.2, 0) is 6.18 Å². The topological polar surface area (TPSA) is 68.7 Å². The van der Waals surface area contributed by atoms with Gasteiger partial charge in [0.2, 0.25) is 0 Å². The maximum Gasteiger partial charge on any atom is 0.416 e. The minimum absolute atomic E-state index is 0.109. The molecule has 0 aliphatic heterocycles. The lowest BCUT2D eigenvalue weighted by molar-refractivity contribution is -0.137. The van der Waals surface area contributed by atoms with Crippen molar-refractivity contribution in [2.45, 2.75) is 25.9 Å². The Balaban J connectivity index is 2.45. The molecule has 8 heteroatoms. The van der Waals surface area contributed by atoms with E-state index in [1.165, 1.54) is 6.07 Å². The van der Waals surface area contributed by atoms with Crippen LogP contribution in [0.25, 0.3) is 0 Å². The molecule has 2 aromatic rings. The summed E-state index contributed by atoms with van der Waals surface area (Å²) in [7, 11) is 0. The highest BCUT2D eigenvalue weighted by atomic mass is 32.1. The molecule has 0 aliphatic rings. The molecule has 0 saturated carbocycles. The lowest BCUT2D eigenvalue weighted by Gasteiger charge is -2.11. The van der Waals surface area contributed by atoms with Crippen molar-refractivity contribution in [3.8, 4) is 17.9 Å². The number of rotatable bonds is 3. The number of unbranched alkanes of at least 4 members (excludes halogenated alkanes) is 1. The zero-order valence-electron chi connectivity index (χ0n) is 12.5. The van der Waals surface area contributed by atoms with Gasteiger partial charge in [-0.1, -0.05) is 18.8 Å². The predicted molar refractivity (Wildman–Crippen MR) is 86.2 cm³/mol. The van der Waals surface area contributed by atoms with Crippen LogP contribution in [0.3, 0.4) is 0 Å². The van der Waals surface area contributed by atoms with E-state index < -0.39 is 17.3 Å². The number of aromatic nitrogens is 1. The van der Waals surface area contributed by atoms with Gasteiger partial charge >= 0.3 is 6.18 Å². The molecule has 0 aliphatic carbocycles. The fourth-order valence-electron chi connectivity index (χ4n) is 1.85. The van der Waals surface area contributed by atoms with E-state index in [4.69, 9.17) is 5.26 Å². The Labute approximate surface area is 140 Å². The van der Waals surface area contributed by atoms with Crippen LogP contribution >= 0.6 is 11.5 Å². The van der Waals surface area contributed by atoms with Gasteiger partial charge in [-0.05, 0) is 36.2 Å². The van der Waals surface area contributed by atoms with Crippen molar-refractivity contribution in [3.63, 3.8) is 0 Å². The van der Waals surface area contributed by atoms with Gasteiger partial charge in [0.05, 0.1) is 5.56 Å². The third-order valence-corrected chi connectivity index (χ3v) is 3.74. The van der Waals surface area contributed by atoms with E-state index in [0.717, 1.165) is 30.1 Å². The van der Waals surface area contributed by atoms with Crippen LogP contribution in [0.15, 0.2) is 23.0 Å². The van der Waals surface area contributed by atoms with Gasteiger partial charge in [-0.15, -0.1) is 0 Å². The highest BCUT2D eigenvalue weighted by Crippen LogP contribution is 2.33. The first kappa shape index (κ1) is 17.6. The second kappa shape index (κ2) is 7.24. The molecule has 0 bridgehead atoms. The second-order valence-electron chi connectivity index (χ2n) is 4.82. The minimum atomic E-state index is -4.53. The van der Waals surface area contributed by atoms with Gasteiger partial charge in [0.25, 0.3) is 5.56 Å². The monoisotopic (exact) mass is 351 g/mol. The summed E-state index contributed by atoms with van der Waals surface area (Å²) in [6.45, 7) is 1.92. The maximum absolute atomic E-state index is 13.0. The quantitative estimate of drug-likeness (QED) is 0.814. The molecule has 2 N–H and O–H groups in total. The van der Waals surface area contributed by atoms with Crippen molar-refractivity contribution < 1.29 is 13.2 Å². The number of alkyl halides is 3. The summed E-state index contributed by atoms with van der Waals surface area (Å²) >= 11 is 0.848. The summed E-state index contributed by atoms with van der Waals surface area (Å²) in [5.41, 5.74) is -1.29. The Morgan fingerprint density at radius 2 is 2.08 bits per heavy atom. The molecule has 0 unspecified atom stereocenters. The van der Waals surface area contributed by atoms with E-state index in [2.05, 4.69) is 21.5 Å². The van der Waals surface area contributed by atoms with Gasteiger partial charge in [0.15, 0.2) is 5.56 Å². The molecule has 0 fully saturated rings. The van der Waals surface area contributed by atoms with Crippen LogP contribution in [0, 0.1) is 23.2 Å². The summed E-state index contributed by atoms with van der Waals surface area (Å²) < 4.78 is 41.5. The highest BCUT2D eigenvalue weighted by molar-refractivity contribution is 7.10. The van der Waals surface area contributed by atoms with Crippen LogP contribution in [0.1, 0.15) is 36.5 Å². The van der Waals surface area contributed by atoms with Crippen molar-refractivity contribution in [3.05, 3.63) is 45.2 Å². The molecule has 124 valence electrons. The number of hydrogen-bond acceptors (Lipinski definition) is 4. The molecular formula is C16H12F3N3OS. The predicted octanol–water partition coefficient (Wildman–Crippen LogP) is 4.22. The Bertz CT molecular complexity index is 894. The standard InChI is InChI=1S/C16H12F3N3OS/c1-2-3-4-5-10-6-11(16(17,18)19)8-12(7-10)21-15-13(9-20)14(23)22-24-15/h6-8,21H,2-3H2,1H3,(H,22,23). The number of benzene rings is 1. The molecule has 0 amide bonds. The van der Waals surface area contributed by atoms with Gasteiger partial charge in [-0.3, -0.25) is 9.17 Å². The Hall–Kier alpha value is -2.71. The SMILES string of the molecule is CCCC#Cc1cc(Nc2s[nH]c(=O)c2C#N)cc(C(F)(F)F)c1. The van der Waals surface area contributed by atoms with Crippen molar-refractivity contribution in [1.82, 2.24) is 4.37 Å². The van der Waals surface area contributed by atoms with Crippen molar-refractivity contribution in [1.29, 1.82) is 5.26 Å². The maximum atomic E-state index is 13.0. The van der Waals surface area contributed by atoms with E-state index in [0.29, 0.717) is 6.42 Å². The van der Waals surface area contributed by atoms with Crippen molar-refractivity contribution in [2.75, 3.05) is 5.32 Å². The number of nitrogens with one attached hydrogen (secondary N) is 2. The highest BCUT2D eigenvalue weighted by Gasteiger charge is 2.31. The second-order valence-corrected chi connectivity index (χ2v) is 5.64. The molecule has 0 atom stereocenters. The van der Waals surface area contributed by atoms with E-state index in [9.17, 15) is 18.0 Å². The van der Waals surface area contributed by atoms with Crippen molar-refractivity contribution in [2.24, 2.45) is 0 Å². The normalized spacial score (nSPS) is 10.6. The van der Waals surface area contributed by atoms with Gasteiger partial charge < -0.3 is 5.32 Å². The van der Waals surface area contributed by atoms with Crippen LogP contribution in [0.2, 0.25) is 0 Å². The van der Waals surface area contributed by atoms with Gasteiger partial charge in [-0.2, -0.15) is 18.4 Å². The van der Waals surface area contributed by atoms with Gasteiger partial charge in [-0.25, -0.2) is 0 Å². The lowest BCUT2D eigenvalue weighted by atomic mass is 10.1. The third-order valence-electron chi connectivity index (χ3n) is 2.94. The first-order valence-electron chi connectivity index (χ1n) is 6.95. The summed E-state index contributed by atoms with van der Waals surface area (Å²) in [5.74, 6) is 5.49. The number of H-pyrrole nitrogens is 1. The van der Waals surface area contributed by atoms with Crippen LogP contribution in [0.5, 0.6) is 0 Å². The molecule has 0 radical (unpaired) electrons. The largest absolute Gasteiger partial charge is 0.416 e. The number of nitrogens with zero attached hydrogens (tertiary/aromatic N) is 1. The van der Waals surface area contributed by atoms with Gasteiger partial charge in [0, 0.05) is 17.7 Å². The van der Waals surface area contributed by atoms with Crippen LogP contribution < -0.4 is 10.9 Å². The molecule has 0 spiro atoms.